The molecule has 1 nitrogen and oxygen atoms in total. The van der Waals surface area contributed by atoms with Gasteiger partial charge in [-0.25, -0.2) is 4.39 Å². The fourth-order valence-electron chi connectivity index (χ4n) is 2.56. The summed E-state index contributed by atoms with van der Waals surface area (Å²) in [5.74, 6) is -0.169. The second kappa shape index (κ2) is 6.26. The molecular formula is C17H15BrFNS. The summed E-state index contributed by atoms with van der Waals surface area (Å²) < 4.78 is 16.3. The van der Waals surface area contributed by atoms with Gasteiger partial charge in [0.1, 0.15) is 5.82 Å². The maximum atomic E-state index is 14.1. The van der Waals surface area contributed by atoms with Crippen molar-refractivity contribution in [2.75, 3.05) is 7.05 Å². The van der Waals surface area contributed by atoms with Crippen LogP contribution in [-0.2, 0) is 6.42 Å². The molecule has 21 heavy (non-hydrogen) atoms. The van der Waals surface area contributed by atoms with Crippen LogP contribution in [0.3, 0.4) is 0 Å². The highest BCUT2D eigenvalue weighted by molar-refractivity contribution is 9.10. The van der Waals surface area contributed by atoms with Gasteiger partial charge in [-0.05, 0) is 54.1 Å². The molecule has 3 aromatic rings. The summed E-state index contributed by atoms with van der Waals surface area (Å²) in [7, 11) is 1.87. The average Bonchev–Trinajstić information content (AvgIpc) is 2.91. The third kappa shape index (κ3) is 3.03. The number of rotatable bonds is 4. The summed E-state index contributed by atoms with van der Waals surface area (Å²) in [5, 5.41) is 6.67. The van der Waals surface area contributed by atoms with Crippen LogP contribution in [0.1, 0.15) is 17.2 Å². The van der Waals surface area contributed by atoms with Crippen LogP contribution in [0.5, 0.6) is 0 Å². The molecule has 0 aliphatic rings. The van der Waals surface area contributed by atoms with Crippen molar-refractivity contribution < 1.29 is 4.39 Å². The largest absolute Gasteiger partial charge is 0.313 e. The van der Waals surface area contributed by atoms with Gasteiger partial charge in [0.05, 0.1) is 0 Å². The second-order valence-electron chi connectivity index (χ2n) is 4.97. The van der Waals surface area contributed by atoms with E-state index in [-0.39, 0.29) is 11.9 Å². The minimum atomic E-state index is -0.169. The summed E-state index contributed by atoms with van der Waals surface area (Å²) >= 11 is 5.16. The van der Waals surface area contributed by atoms with E-state index in [1.165, 1.54) is 21.7 Å². The van der Waals surface area contributed by atoms with Crippen molar-refractivity contribution in [3.05, 3.63) is 69.3 Å². The number of benzene rings is 2. The second-order valence-corrected chi connectivity index (χ2v) is 6.80. The molecule has 0 saturated carbocycles. The Morgan fingerprint density at radius 3 is 2.86 bits per heavy atom. The number of hydrogen-bond acceptors (Lipinski definition) is 2. The van der Waals surface area contributed by atoms with Gasteiger partial charge in [0, 0.05) is 20.8 Å². The minimum Gasteiger partial charge on any atom is -0.313 e. The molecule has 0 bridgehead atoms. The van der Waals surface area contributed by atoms with Crippen LogP contribution in [-0.4, -0.2) is 7.05 Å². The highest BCUT2D eigenvalue weighted by atomic mass is 79.9. The number of hydrogen-bond donors (Lipinski definition) is 1. The summed E-state index contributed by atoms with van der Waals surface area (Å²) in [6, 6.07) is 13.4. The van der Waals surface area contributed by atoms with Gasteiger partial charge in [-0.3, -0.25) is 0 Å². The van der Waals surface area contributed by atoms with E-state index < -0.39 is 0 Å². The standard InChI is InChI=1S/C17H15BrFNS/c1-20-16(14-9-12(18)6-7-15(14)19)8-11-10-21-17-5-3-2-4-13(11)17/h2-7,9-10,16,20H,8H2,1H3. The predicted molar refractivity (Wildman–Crippen MR) is 91.4 cm³/mol. The molecule has 3 rings (SSSR count). The van der Waals surface area contributed by atoms with Gasteiger partial charge in [-0.1, -0.05) is 34.1 Å². The molecule has 0 spiro atoms. The maximum Gasteiger partial charge on any atom is 0.128 e. The number of fused-ring (bicyclic) bond motifs is 1. The van der Waals surface area contributed by atoms with Crippen LogP contribution < -0.4 is 5.32 Å². The fourth-order valence-corrected chi connectivity index (χ4v) is 3.91. The molecule has 108 valence electrons. The molecule has 4 heteroatoms. The maximum absolute atomic E-state index is 14.1. The summed E-state index contributed by atoms with van der Waals surface area (Å²) in [4.78, 5) is 0. The molecular weight excluding hydrogens is 349 g/mol. The van der Waals surface area contributed by atoms with Crippen molar-refractivity contribution in [2.24, 2.45) is 0 Å². The topological polar surface area (TPSA) is 12.0 Å². The van der Waals surface area contributed by atoms with Gasteiger partial charge in [-0.2, -0.15) is 0 Å². The van der Waals surface area contributed by atoms with Crippen molar-refractivity contribution in [3.63, 3.8) is 0 Å². The van der Waals surface area contributed by atoms with Crippen LogP contribution in [0.2, 0.25) is 0 Å². The van der Waals surface area contributed by atoms with E-state index in [4.69, 9.17) is 0 Å². The van der Waals surface area contributed by atoms with Crippen molar-refractivity contribution in [3.8, 4) is 0 Å². The average molecular weight is 364 g/mol. The van der Waals surface area contributed by atoms with E-state index in [0.29, 0.717) is 5.56 Å². The highest BCUT2D eigenvalue weighted by Crippen LogP contribution is 2.31. The molecule has 0 amide bonds. The number of nitrogens with one attached hydrogen (secondary N) is 1. The Morgan fingerprint density at radius 1 is 1.24 bits per heavy atom. The monoisotopic (exact) mass is 363 g/mol. The Kier molecular flexibility index (Phi) is 4.38. The van der Waals surface area contributed by atoms with E-state index >= 15 is 0 Å². The van der Waals surface area contributed by atoms with Gasteiger partial charge in [0.15, 0.2) is 0 Å². The molecule has 1 heterocycles. The smallest absolute Gasteiger partial charge is 0.128 e. The summed E-state index contributed by atoms with van der Waals surface area (Å²) in [6.45, 7) is 0. The Morgan fingerprint density at radius 2 is 2.05 bits per heavy atom. The van der Waals surface area contributed by atoms with Gasteiger partial charge in [0.25, 0.3) is 0 Å². The lowest BCUT2D eigenvalue weighted by molar-refractivity contribution is 0.535. The first kappa shape index (κ1) is 14.7. The molecule has 2 aromatic carbocycles. The molecule has 1 aromatic heterocycles. The quantitative estimate of drug-likeness (QED) is 0.662. The van der Waals surface area contributed by atoms with E-state index in [1.54, 1.807) is 17.4 Å². The summed E-state index contributed by atoms with van der Waals surface area (Å²) in [5.41, 5.74) is 1.96. The molecule has 0 fully saturated rings. The predicted octanol–water partition coefficient (Wildman–Crippen LogP) is 5.31. The number of halogens is 2. The van der Waals surface area contributed by atoms with Crippen molar-refractivity contribution in [2.45, 2.75) is 12.5 Å². The molecule has 0 radical (unpaired) electrons. The van der Waals surface area contributed by atoms with Crippen molar-refractivity contribution >= 4 is 37.4 Å². The van der Waals surface area contributed by atoms with Crippen LogP contribution in [0, 0.1) is 5.82 Å². The van der Waals surface area contributed by atoms with Crippen LogP contribution >= 0.6 is 27.3 Å². The molecule has 0 aliphatic carbocycles. The first-order valence-electron chi connectivity index (χ1n) is 6.76. The van der Waals surface area contributed by atoms with E-state index in [2.05, 4.69) is 38.8 Å². The number of thiophene rings is 1. The fraction of sp³-hybridized carbons (Fsp3) is 0.176. The van der Waals surface area contributed by atoms with Crippen LogP contribution in [0.15, 0.2) is 52.3 Å². The Labute approximate surface area is 135 Å². The van der Waals surface area contributed by atoms with E-state index in [0.717, 1.165) is 10.9 Å². The van der Waals surface area contributed by atoms with Crippen LogP contribution in [0.25, 0.3) is 10.1 Å². The van der Waals surface area contributed by atoms with Gasteiger partial charge >= 0.3 is 0 Å². The summed E-state index contributed by atoms with van der Waals surface area (Å²) in [6.07, 6.45) is 0.772. The minimum absolute atomic E-state index is 0.0412. The molecule has 1 unspecified atom stereocenters. The zero-order valence-electron chi connectivity index (χ0n) is 11.6. The van der Waals surface area contributed by atoms with Crippen molar-refractivity contribution in [1.29, 1.82) is 0 Å². The van der Waals surface area contributed by atoms with E-state index in [9.17, 15) is 4.39 Å². The zero-order chi connectivity index (χ0) is 14.8. The molecule has 0 aliphatic heterocycles. The highest BCUT2D eigenvalue weighted by Gasteiger charge is 2.17. The number of likely N-dealkylation sites (N-methyl/N-ethyl adjacent to an activating group) is 1. The van der Waals surface area contributed by atoms with E-state index in [1.807, 2.05) is 25.2 Å². The molecule has 0 saturated heterocycles. The Hall–Kier alpha value is -1.23. The lowest BCUT2D eigenvalue weighted by atomic mass is 9.98. The Bertz CT molecular complexity index is 768. The lowest BCUT2D eigenvalue weighted by Gasteiger charge is -2.17. The van der Waals surface area contributed by atoms with Gasteiger partial charge < -0.3 is 5.32 Å². The van der Waals surface area contributed by atoms with Crippen molar-refractivity contribution in [1.82, 2.24) is 5.32 Å². The normalized spacial score (nSPS) is 12.7. The third-order valence-electron chi connectivity index (χ3n) is 3.67. The third-order valence-corrected chi connectivity index (χ3v) is 5.17. The lowest BCUT2D eigenvalue weighted by Crippen LogP contribution is -2.20. The first-order chi connectivity index (χ1) is 10.2. The SMILES string of the molecule is CNC(Cc1csc2ccccc12)c1cc(Br)ccc1F. The van der Waals surface area contributed by atoms with Gasteiger partial charge in [-0.15, -0.1) is 11.3 Å². The Balaban J connectivity index is 1.96. The van der Waals surface area contributed by atoms with Gasteiger partial charge in [0.2, 0.25) is 0 Å². The first-order valence-corrected chi connectivity index (χ1v) is 8.43. The molecule has 1 atom stereocenters. The molecule has 1 N–H and O–H groups in total. The zero-order valence-corrected chi connectivity index (χ0v) is 14.0. The van der Waals surface area contributed by atoms with Crippen LogP contribution in [0.4, 0.5) is 4.39 Å².